The first-order chi connectivity index (χ1) is 12.0. The number of hydrogen-bond donors (Lipinski definition) is 1. The Balaban J connectivity index is 2.12. The summed E-state index contributed by atoms with van der Waals surface area (Å²) in [6, 6.07) is 16.2. The maximum atomic E-state index is 12.1. The summed E-state index contributed by atoms with van der Waals surface area (Å²) in [5.74, 6) is -1.48. The molecule has 130 valence electrons. The lowest BCUT2D eigenvalue weighted by Gasteiger charge is -2.25. The minimum Gasteiger partial charge on any atom is -0.452 e. The zero-order valence-corrected chi connectivity index (χ0v) is 13.6. The van der Waals surface area contributed by atoms with Crippen molar-refractivity contribution in [2.24, 2.45) is 0 Å². The monoisotopic (exact) mass is 342 g/mol. The van der Waals surface area contributed by atoms with E-state index < -0.39 is 30.3 Å². The Hall–Kier alpha value is -2.99. The van der Waals surface area contributed by atoms with Crippen LogP contribution in [0.2, 0.25) is 0 Å². The van der Waals surface area contributed by atoms with Gasteiger partial charge in [0.05, 0.1) is 17.2 Å². The first-order valence-electron chi connectivity index (χ1n) is 7.68. The van der Waals surface area contributed by atoms with Crippen molar-refractivity contribution in [3.63, 3.8) is 0 Å². The topological polar surface area (TPSA) is 89.9 Å². The van der Waals surface area contributed by atoms with E-state index in [9.17, 15) is 19.5 Å². The maximum Gasteiger partial charge on any atom is 0.338 e. The molecule has 2 rings (SSSR count). The van der Waals surface area contributed by atoms with E-state index in [1.54, 1.807) is 36.4 Å². The highest BCUT2D eigenvalue weighted by molar-refractivity contribution is 5.91. The van der Waals surface area contributed by atoms with Crippen molar-refractivity contribution in [1.82, 2.24) is 0 Å². The number of aldehydes is 1. The molecule has 0 radical (unpaired) electrons. The summed E-state index contributed by atoms with van der Waals surface area (Å²) >= 11 is 0. The van der Waals surface area contributed by atoms with Crippen LogP contribution < -0.4 is 0 Å². The average Bonchev–Trinajstić information content (AvgIpc) is 2.65. The summed E-state index contributed by atoms with van der Waals surface area (Å²) in [6.07, 6.45) is -3.64. The van der Waals surface area contributed by atoms with E-state index in [1.165, 1.54) is 31.2 Å². The minimum absolute atomic E-state index is 0.244. The van der Waals surface area contributed by atoms with Gasteiger partial charge in [0, 0.05) is 0 Å². The molecule has 0 heterocycles. The largest absolute Gasteiger partial charge is 0.452 e. The van der Waals surface area contributed by atoms with Crippen LogP contribution in [-0.2, 0) is 14.3 Å². The highest BCUT2D eigenvalue weighted by atomic mass is 16.6. The fourth-order valence-corrected chi connectivity index (χ4v) is 2.14. The standard InChI is InChI=1S/C19H18O6/c1-13(21)17(25-19(23)15-10-6-3-7-11-15)16(12-20)24-18(22)14-8-4-2-5-9-14/h2-13,16-17,21H,1H3/t13-,16-,17+/m1/s1. The second-order valence-corrected chi connectivity index (χ2v) is 5.35. The van der Waals surface area contributed by atoms with Crippen molar-refractivity contribution in [1.29, 1.82) is 0 Å². The normalized spacial score (nSPS) is 14.0. The van der Waals surface area contributed by atoms with Crippen molar-refractivity contribution >= 4 is 18.2 Å². The average molecular weight is 342 g/mol. The van der Waals surface area contributed by atoms with Gasteiger partial charge in [0.15, 0.2) is 18.5 Å². The van der Waals surface area contributed by atoms with Gasteiger partial charge in [-0.2, -0.15) is 0 Å². The van der Waals surface area contributed by atoms with Crippen molar-refractivity contribution < 1.29 is 29.0 Å². The fraction of sp³-hybridized carbons (Fsp3) is 0.211. The molecule has 0 fully saturated rings. The van der Waals surface area contributed by atoms with Gasteiger partial charge >= 0.3 is 11.9 Å². The Kier molecular flexibility index (Phi) is 6.42. The molecule has 0 aliphatic heterocycles. The lowest BCUT2D eigenvalue weighted by Crippen LogP contribution is -2.43. The summed E-state index contributed by atoms with van der Waals surface area (Å²) in [7, 11) is 0. The molecule has 0 spiro atoms. The van der Waals surface area contributed by atoms with Gasteiger partial charge in [-0.25, -0.2) is 9.59 Å². The molecule has 6 heteroatoms. The second kappa shape index (κ2) is 8.75. The van der Waals surface area contributed by atoms with E-state index >= 15 is 0 Å². The lowest BCUT2D eigenvalue weighted by atomic mass is 10.1. The van der Waals surface area contributed by atoms with E-state index in [2.05, 4.69) is 0 Å². The molecule has 3 atom stereocenters. The molecule has 6 nitrogen and oxygen atoms in total. The molecule has 2 aromatic carbocycles. The van der Waals surface area contributed by atoms with Gasteiger partial charge in [0.2, 0.25) is 0 Å². The van der Waals surface area contributed by atoms with E-state index in [-0.39, 0.29) is 11.1 Å². The Morgan fingerprint density at radius 3 is 1.72 bits per heavy atom. The third-order valence-corrected chi connectivity index (χ3v) is 3.44. The van der Waals surface area contributed by atoms with Crippen LogP contribution in [0.25, 0.3) is 0 Å². The van der Waals surface area contributed by atoms with E-state index in [0.717, 1.165) is 0 Å². The van der Waals surface area contributed by atoms with Crippen molar-refractivity contribution in [2.75, 3.05) is 0 Å². The van der Waals surface area contributed by atoms with E-state index in [1.807, 2.05) is 0 Å². The predicted octanol–water partition coefficient (Wildman–Crippen LogP) is 2.02. The molecular weight excluding hydrogens is 324 g/mol. The second-order valence-electron chi connectivity index (χ2n) is 5.35. The fourth-order valence-electron chi connectivity index (χ4n) is 2.14. The van der Waals surface area contributed by atoms with Crippen LogP contribution in [0, 0.1) is 0 Å². The number of aliphatic hydroxyl groups excluding tert-OH is 1. The smallest absolute Gasteiger partial charge is 0.338 e. The van der Waals surface area contributed by atoms with Crippen LogP contribution in [-0.4, -0.2) is 41.6 Å². The first kappa shape index (κ1) is 18.4. The molecule has 0 bridgehead atoms. The Bertz CT molecular complexity index is 711. The SMILES string of the molecule is C[C@@H](O)[C@H](OC(=O)c1ccccc1)[C@@H](C=O)OC(=O)c1ccccc1. The molecule has 0 aliphatic carbocycles. The molecule has 0 saturated heterocycles. The maximum absolute atomic E-state index is 12.1. The summed E-state index contributed by atoms with van der Waals surface area (Å²) < 4.78 is 10.3. The third kappa shape index (κ3) is 4.99. The van der Waals surface area contributed by atoms with Crippen LogP contribution >= 0.6 is 0 Å². The molecule has 1 N–H and O–H groups in total. The van der Waals surface area contributed by atoms with Gasteiger partial charge < -0.3 is 14.6 Å². The Morgan fingerprint density at radius 1 is 0.880 bits per heavy atom. The van der Waals surface area contributed by atoms with Crippen molar-refractivity contribution in [2.45, 2.75) is 25.2 Å². The number of hydrogen-bond acceptors (Lipinski definition) is 6. The molecule has 25 heavy (non-hydrogen) atoms. The number of benzene rings is 2. The highest BCUT2D eigenvalue weighted by Crippen LogP contribution is 2.14. The molecule has 0 unspecified atom stereocenters. The number of esters is 2. The number of rotatable bonds is 7. The van der Waals surface area contributed by atoms with Gasteiger partial charge in [-0.3, -0.25) is 4.79 Å². The van der Waals surface area contributed by atoms with Gasteiger partial charge in [-0.15, -0.1) is 0 Å². The number of aliphatic hydroxyl groups is 1. The summed E-state index contributed by atoms with van der Waals surface area (Å²) in [5.41, 5.74) is 0.500. The number of carbonyl (C=O) groups is 3. The van der Waals surface area contributed by atoms with Crippen LogP contribution in [0.4, 0.5) is 0 Å². The Labute approximate surface area is 145 Å². The summed E-state index contributed by atoms with van der Waals surface area (Å²) in [5, 5.41) is 9.87. The highest BCUT2D eigenvalue weighted by Gasteiger charge is 2.33. The minimum atomic E-state index is -1.43. The Morgan fingerprint density at radius 2 is 1.32 bits per heavy atom. The van der Waals surface area contributed by atoms with Crippen LogP contribution in [0.15, 0.2) is 60.7 Å². The zero-order valence-electron chi connectivity index (χ0n) is 13.6. The summed E-state index contributed by atoms with van der Waals surface area (Å²) in [6.45, 7) is 1.34. The molecule has 0 aliphatic rings. The van der Waals surface area contributed by atoms with Crippen molar-refractivity contribution in [3.05, 3.63) is 71.8 Å². The van der Waals surface area contributed by atoms with Gasteiger partial charge in [-0.05, 0) is 31.2 Å². The van der Waals surface area contributed by atoms with Crippen LogP contribution in [0.5, 0.6) is 0 Å². The van der Waals surface area contributed by atoms with Crippen LogP contribution in [0.3, 0.4) is 0 Å². The van der Waals surface area contributed by atoms with E-state index in [4.69, 9.17) is 9.47 Å². The predicted molar refractivity (Wildman–Crippen MR) is 89.0 cm³/mol. The third-order valence-electron chi connectivity index (χ3n) is 3.44. The quantitative estimate of drug-likeness (QED) is 0.611. The lowest BCUT2D eigenvalue weighted by molar-refractivity contribution is -0.127. The number of carbonyl (C=O) groups excluding carboxylic acids is 3. The molecule has 2 aromatic rings. The van der Waals surface area contributed by atoms with Crippen molar-refractivity contribution in [3.8, 4) is 0 Å². The number of ether oxygens (including phenoxy) is 2. The molecule has 0 saturated carbocycles. The molecule has 0 amide bonds. The van der Waals surface area contributed by atoms with Gasteiger partial charge in [0.25, 0.3) is 0 Å². The zero-order chi connectivity index (χ0) is 18.2. The molecular formula is C19H18O6. The van der Waals surface area contributed by atoms with Gasteiger partial charge in [-0.1, -0.05) is 36.4 Å². The van der Waals surface area contributed by atoms with E-state index in [0.29, 0.717) is 6.29 Å². The molecule has 0 aromatic heterocycles. The first-order valence-corrected chi connectivity index (χ1v) is 7.68. The van der Waals surface area contributed by atoms with Gasteiger partial charge in [0.1, 0.15) is 0 Å². The summed E-state index contributed by atoms with van der Waals surface area (Å²) in [4.78, 5) is 35.6. The van der Waals surface area contributed by atoms with Crippen LogP contribution in [0.1, 0.15) is 27.6 Å².